The quantitative estimate of drug-likeness (QED) is 0.797. The molecule has 0 aliphatic rings. The minimum absolute atomic E-state index is 0.0727. The van der Waals surface area contributed by atoms with Gasteiger partial charge in [-0.15, -0.1) is 0 Å². The molecular weight excluding hydrogens is 240 g/mol. The van der Waals surface area contributed by atoms with E-state index in [2.05, 4.69) is 11.0 Å². The van der Waals surface area contributed by atoms with Crippen LogP contribution in [0.3, 0.4) is 0 Å². The molecule has 0 fully saturated rings. The van der Waals surface area contributed by atoms with Crippen molar-refractivity contribution < 1.29 is 9.90 Å². The third-order valence-electron chi connectivity index (χ3n) is 2.78. The second kappa shape index (κ2) is 7.22. The van der Waals surface area contributed by atoms with Gasteiger partial charge in [-0.25, -0.2) is 4.79 Å². The highest BCUT2D eigenvalue weighted by Gasteiger charge is 2.11. The largest absolute Gasteiger partial charge is 0.478 e. The zero-order valence-electron chi connectivity index (χ0n) is 11.2. The number of hydrogen-bond donors (Lipinski definition) is 1. The molecule has 0 aliphatic heterocycles. The average molecular weight is 258 g/mol. The van der Waals surface area contributed by atoms with Gasteiger partial charge in [0.1, 0.15) is 0 Å². The standard InChI is InChI=1S/C15H18N2O2/c1-3-17(11-12(2)10-16)14-7-5-4-6-13(14)8-9-15(18)19/h4-9,12H,3,11H2,1-2H3,(H,18,19)/b9-8+. The van der Waals surface area contributed by atoms with E-state index < -0.39 is 5.97 Å². The highest BCUT2D eigenvalue weighted by atomic mass is 16.4. The highest BCUT2D eigenvalue weighted by Crippen LogP contribution is 2.22. The molecule has 1 unspecified atom stereocenters. The van der Waals surface area contributed by atoms with Crippen LogP contribution in [-0.2, 0) is 4.79 Å². The van der Waals surface area contributed by atoms with E-state index in [4.69, 9.17) is 10.4 Å². The molecule has 1 aromatic rings. The summed E-state index contributed by atoms with van der Waals surface area (Å²) < 4.78 is 0. The summed E-state index contributed by atoms with van der Waals surface area (Å²) in [7, 11) is 0. The molecule has 1 aromatic carbocycles. The molecule has 0 amide bonds. The number of nitriles is 1. The van der Waals surface area contributed by atoms with E-state index in [1.807, 2.05) is 38.1 Å². The van der Waals surface area contributed by atoms with E-state index in [0.717, 1.165) is 23.9 Å². The molecule has 4 nitrogen and oxygen atoms in total. The third kappa shape index (κ3) is 4.47. The lowest BCUT2D eigenvalue weighted by Crippen LogP contribution is -2.28. The highest BCUT2D eigenvalue weighted by molar-refractivity contribution is 5.87. The van der Waals surface area contributed by atoms with Crippen molar-refractivity contribution in [2.45, 2.75) is 13.8 Å². The number of benzene rings is 1. The van der Waals surface area contributed by atoms with Gasteiger partial charge in [0.2, 0.25) is 0 Å². The summed E-state index contributed by atoms with van der Waals surface area (Å²) in [6.45, 7) is 5.29. The van der Waals surface area contributed by atoms with Crippen LogP contribution in [0.5, 0.6) is 0 Å². The Labute approximate surface area is 113 Å². The van der Waals surface area contributed by atoms with Crippen LogP contribution >= 0.6 is 0 Å². The van der Waals surface area contributed by atoms with Crippen LogP contribution in [0.2, 0.25) is 0 Å². The molecule has 0 saturated heterocycles. The van der Waals surface area contributed by atoms with Gasteiger partial charge in [0.25, 0.3) is 0 Å². The van der Waals surface area contributed by atoms with Gasteiger partial charge in [-0.05, 0) is 31.6 Å². The number of rotatable bonds is 6. The van der Waals surface area contributed by atoms with Gasteiger partial charge in [-0.3, -0.25) is 0 Å². The Hall–Kier alpha value is -2.28. The fourth-order valence-corrected chi connectivity index (χ4v) is 1.85. The van der Waals surface area contributed by atoms with Crippen LogP contribution in [0.4, 0.5) is 5.69 Å². The van der Waals surface area contributed by atoms with Crippen molar-refractivity contribution >= 4 is 17.7 Å². The summed E-state index contributed by atoms with van der Waals surface area (Å²) in [5, 5.41) is 17.6. The Bertz CT molecular complexity index is 503. The summed E-state index contributed by atoms with van der Waals surface area (Å²) in [5.74, 6) is -1.04. The number of carboxylic acids is 1. The molecule has 0 spiro atoms. The number of anilines is 1. The predicted molar refractivity (Wildman–Crippen MR) is 75.8 cm³/mol. The van der Waals surface area contributed by atoms with E-state index in [0.29, 0.717) is 6.54 Å². The van der Waals surface area contributed by atoms with Crippen molar-refractivity contribution in [1.29, 1.82) is 5.26 Å². The van der Waals surface area contributed by atoms with Gasteiger partial charge < -0.3 is 10.0 Å². The number of aliphatic carboxylic acids is 1. The summed E-state index contributed by atoms with van der Waals surface area (Å²) in [6.07, 6.45) is 2.71. The lowest BCUT2D eigenvalue weighted by atomic mass is 10.1. The van der Waals surface area contributed by atoms with Crippen LogP contribution in [-0.4, -0.2) is 24.2 Å². The van der Waals surface area contributed by atoms with E-state index in [9.17, 15) is 4.79 Å². The first kappa shape index (κ1) is 14.8. The Kier molecular flexibility index (Phi) is 5.62. The zero-order chi connectivity index (χ0) is 14.3. The number of carboxylic acid groups (broad SMARTS) is 1. The van der Waals surface area contributed by atoms with E-state index in [1.165, 1.54) is 0 Å². The Morgan fingerprint density at radius 1 is 1.53 bits per heavy atom. The summed E-state index contributed by atoms with van der Waals surface area (Å²) in [5.41, 5.74) is 1.79. The van der Waals surface area contributed by atoms with Gasteiger partial charge in [0, 0.05) is 24.9 Å². The average Bonchev–Trinajstić information content (AvgIpc) is 2.42. The second-order valence-corrected chi connectivity index (χ2v) is 4.30. The fraction of sp³-hybridized carbons (Fsp3) is 0.333. The van der Waals surface area contributed by atoms with Crippen molar-refractivity contribution in [1.82, 2.24) is 0 Å². The molecule has 1 rings (SSSR count). The molecular formula is C15H18N2O2. The second-order valence-electron chi connectivity index (χ2n) is 4.30. The summed E-state index contributed by atoms with van der Waals surface area (Å²) in [6, 6.07) is 9.80. The first-order valence-corrected chi connectivity index (χ1v) is 6.23. The monoisotopic (exact) mass is 258 g/mol. The first-order chi connectivity index (χ1) is 9.08. The number of nitrogens with zero attached hydrogens (tertiary/aromatic N) is 2. The number of para-hydroxylation sites is 1. The Morgan fingerprint density at radius 2 is 2.21 bits per heavy atom. The molecule has 0 bridgehead atoms. The molecule has 0 aromatic heterocycles. The van der Waals surface area contributed by atoms with Gasteiger partial charge in [-0.2, -0.15) is 5.26 Å². The smallest absolute Gasteiger partial charge is 0.328 e. The molecule has 1 N–H and O–H groups in total. The minimum atomic E-state index is -0.969. The van der Waals surface area contributed by atoms with Crippen LogP contribution in [0, 0.1) is 17.2 Å². The maximum Gasteiger partial charge on any atom is 0.328 e. The number of hydrogen-bond acceptors (Lipinski definition) is 3. The van der Waals surface area contributed by atoms with Crippen LogP contribution in [0.25, 0.3) is 6.08 Å². The zero-order valence-corrected chi connectivity index (χ0v) is 11.2. The lowest BCUT2D eigenvalue weighted by Gasteiger charge is -2.26. The number of carbonyl (C=O) groups is 1. The van der Waals surface area contributed by atoms with Gasteiger partial charge in [-0.1, -0.05) is 18.2 Å². The van der Waals surface area contributed by atoms with Crippen molar-refractivity contribution in [2.75, 3.05) is 18.0 Å². The van der Waals surface area contributed by atoms with Gasteiger partial charge in [0.15, 0.2) is 0 Å². The molecule has 1 atom stereocenters. The maximum atomic E-state index is 10.6. The summed E-state index contributed by atoms with van der Waals surface area (Å²) >= 11 is 0. The molecule has 19 heavy (non-hydrogen) atoms. The van der Waals surface area contributed by atoms with Crippen molar-refractivity contribution in [3.8, 4) is 6.07 Å². The topological polar surface area (TPSA) is 64.3 Å². The summed E-state index contributed by atoms with van der Waals surface area (Å²) in [4.78, 5) is 12.7. The third-order valence-corrected chi connectivity index (χ3v) is 2.78. The minimum Gasteiger partial charge on any atom is -0.478 e. The Morgan fingerprint density at radius 3 is 2.79 bits per heavy atom. The van der Waals surface area contributed by atoms with Crippen molar-refractivity contribution in [2.24, 2.45) is 5.92 Å². The molecule has 0 radical (unpaired) electrons. The lowest BCUT2D eigenvalue weighted by molar-refractivity contribution is -0.131. The Balaban J connectivity index is 3.03. The van der Waals surface area contributed by atoms with E-state index in [1.54, 1.807) is 6.08 Å². The van der Waals surface area contributed by atoms with Gasteiger partial charge in [0.05, 0.1) is 12.0 Å². The van der Waals surface area contributed by atoms with Crippen LogP contribution in [0.1, 0.15) is 19.4 Å². The van der Waals surface area contributed by atoms with E-state index >= 15 is 0 Å². The van der Waals surface area contributed by atoms with Crippen LogP contribution in [0.15, 0.2) is 30.3 Å². The van der Waals surface area contributed by atoms with Crippen molar-refractivity contribution in [3.63, 3.8) is 0 Å². The van der Waals surface area contributed by atoms with E-state index in [-0.39, 0.29) is 5.92 Å². The molecule has 100 valence electrons. The first-order valence-electron chi connectivity index (χ1n) is 6.23. The predicted octanol–water partition coefficient (Wildman–Crippen LogP) is 2.77. The molecule has 0 aliphatic carbocycles. The molecule has 0 saturated carbocycles. The molecule has 0 heterocycles. The fourth-order valence-electron chi connectivity index (χ4n) is 1.85. The van der Waals surface area contributed by atoms with Gasteiger partial charge >= 0.3 is 5.97 Å². The normalized spacial score (nSPS) is 12.1. The van der Waals surface area contributed by atoms with Crippen molar-refractivity contribution in [3.05, 3.63) is 35.9 Å². The molecule has 4 heteroatoms. The SMILES string of the molecule is CCN(CC(C)C#N)c1ccccc1/C=C/C(=O)O. The maximum absolute atomic E-state index is 10.6. The van der Waals surface area contributed by atoms with Crippen LogP contribution < -0.4 is 4.90 Å².